The summed E-state index contributed by atoms with van der Waals surface area (Å²) < 4.78 is 0. The second-order valence-electron chi connectivity index (χ2n) is 6.64. The SMILES string of the molecule is C=C(C)[C@@H]1CCC(C)=C[C@H]1C1=C(O)C=C(CCC)CC1O. The van der Waals surface area contributed by atoms with Crippen LogP contribution in [0.3, 0.4) is 0 Å². The predicted molar refractivity (Wildman–Crippen MR) is 88.1 cm³/mol. The third-order valence-electron chi connectivity index (χ3n) is 4.76. The fraction of sp³-hybridized carbons (Fsp3) is 0.579. The van der Waals surface area contributed by atoms with Crippen molar-refractivity contribution >= 4 is 0 Å². The normalized spacial score (nSPS) is 30.0. The van der Waals surface area contributed by atoms with Gasteiger partial charge in [-0.05, 0) is 51.5 Å². The molecule has 0 radical (unpaired) electrons. The molecular formula is C19H28O2. The van der Waals surface area contributed by atoms with Crippen LogP contribution in [0.2, 0.25) is 0 Å². The Morgan fingerprint density at radius 1 is 1.43 bits per heavy atom. The highest BCUT2D eigenvalue weighted by atomic mass is 16.3. The summed E-state index contributed by atoms with van der Waals surface area (Å²) in [4.78, 5) is 0. The molecular weight excluding hydrogens is 260 g/mol. The first-order valence-electron chi connectivity index (χ1n) is 8.07. The highest BCUT2D eigenvalue weighted by Crippen LogP contribution is 2.42. The van der Waals surface area contributed by atoms with Gasteiger partial charge in [0.15, 0.2) is 0 Å². The molecule has 2 nitrogen and oxygen atoms in total. The van der Waals surface area contributed by atoms with E-state index in [1.54, 1.807) is 0 Å². The molecule has 0 heterocycles. The van der Waals surface area contributed by atoms with E-state index in [2.05, 4.69) is 33.4 Å². The van der Waals surface area contributed by atoms with Gasteiger partial charge >= 0.3 is 0 Å². The van der Waals surface area contributed by atoms with E-state index >= 15 is 0 Å². The molecule has 0 aromatic heterocycles. The van der Waals surface area contributed by atoms with E-state index in [0.29, 0.717) is 12.3 Å². The molecule has 2 N–H and O–H groups in total. The standard InChI is InChI=1S/C19H28O2/c1-5-6-14-10-17(20)19(18(21)11-14)16-9-13(4)7-8-15(16)12(2)3/h9-10,15-16,18,20-21H,2,5-8,11H2,1,3-4H3/t15-,16+,18?/m0/s1. The van der Waals surface area contributed by atoms with Gasteiger partial charge in [-0.1, -0.05) is 42.7 Å². The fourth-order valence-electron chi connectivity index (χ4n) is 3.68. The lowest BCUT2D eigenvalue weighted by molar-refractivity contribution is 0.179. The molecule has 116 valence electrons. The van der Waals surface area contributed by atoms with Gasteiger partial charge in [-0.2, -0.15) is 0 Å². The Morgan fingerprint density at radius 2 is 2.14 bits per heavy atom. The van der Waals surface area contributed by atoms with Crippen molar-refractivity contribution in [3.05, 3.63) is 46.8 Å². The Bertz CT molecular complexity index is 508. The first-order chi connectivity index (χ1) is 9.93. The summed E-state index contributed by atoms with van der Waals surface area (Å²) in [7, 11) is 0. The van der Waals surface area contributed by atoms with E-state index in [-0.39, 0.29) is 11.7 Å². The Morgan fingerprint density at radius 3 is 2.71 bits per heavy atom. The summed E-state index contributed by atoms with van der Waals surface area (Å²) in [6, 6.07) is 0. The van der Waals surface area contributed by atoms with Crippen LogP contribution in [0.15, 0.2) is 46.8 Å². The van der Waals surface area contributed by atoms with Gasteiger partial charge in [0, 0.05) is 11.5 Å². The van der Waals surface area contributed by atoms with Gasteiger partial charge in [-0.25, -0.2) is 0 Å². The van der Waals surface area contributed by atoms with Crippen LogP contribution < -0.4 is 0 Å². The minimum absolute atomic E-state index is 0.0886. The number of aliphatic hydroxyl groups excluding tert-OH is 2. The van der Waals surface area contributed by atoms with Crippen molar-refractivity contribution in [2.45, 2.75) is 59.0 Å². The summed E-state index contributed by atoms with van der Waals surface area (Å²) in [6.07, 6.45) is 8.29. The third kappa shape index (κ3) is 3.49. The van der Waals surface area contributed by atoms with Crippen molar-refractivity contribution in [2.75, 3.05) is 0 Å². The van der Waals surface area contributed by atoms with Crippen LogP contribution in [-0.2, 0) is 0 Å². The molecule has 0 aromatic rings. The highest BCUT2D eigenvalue weighted by molar-refractivity contribution is 5.38. The quantitative estimate of drug-likeness (QED) is 0.727. The molecule has 21 heavy (non-hydrogen) atoms. The Hall–Kier alpha value is -1.28. The largest absolute Gasteiger partial charge is 0.508 e. The molecule has 2 rings (SSSR count). The molecule has 2 aliphatic rings. The van der Waals surface area contributed by atoms with Gasteiger partial charge in [0.2, 0.25) is 0 Å². The molecule has 3 atom stereocenters. The zero-order valence-electron chi connectivity index (χ0n) is 13.5. The minimum atomic E-state index is -0.564. The van der Waals surface area contributed by atoms with Crippen LogP contribution in [0.5, 0.6) is 0 Å². The third-order valence-corrected chi connectivity index (χ3v) is 4.76. The van der Waals surface area contributed by atoms with Crippen molar-refractivity contribution < 1.29 is 10.2 Å². The fourth-order valence-corrected chi connectivity index (χ4v) is 3.68. The summed E-state index contributed by atoms with van der Waals surface area (Å²) in [6.45, 7) is 10.4. The maximum Gasteiger partial charge on any atom is 0.117 e. The lowest BCUT2D eigenvalue weighted by Gasteiger charge is -2.35. The zero-order valence-corrected chi connectivity index (χ0v) is 13.5. The van der Waals surface area contributed by atoms with Gasteiger partial charge in [-0.3, -0.25) is 0 Å². The summed E-state index contributed by atoms with van der Waals surface area (Å²) in [5, 5.41) is 21.0. The second-order valence-corrected chi connectivity index (χ2v) is 6.64. The monoisotopic (exact) mass is 288 g/mol. The van der Waals surface area contributed by atoms with Crippen LogP contribution in [0.25, 0.3) is 0 Å². The molecule has 0 aliphatic heterocycles. The zero-order chi connectivity index (χ0) is 15.6. The predicted octanol–water partition coefficient (Wildman–Crippen LogP) is 4.84. The van der Waals surface area contributed by atoms with Crippen LogP contribution in [0.1, 0.15) is 52.9 Å². The van der Waals surface area contributed by atoms with Gasteiger partial charge in [0.1, 0.15) is 5.76 Å². The molecule has 0 saturated carbocycles. The van der Waals surface area contributed by atoms with Crippen LogP contribution >= 0.6 is 0 Å². The number of rotatable bonds is 4. The number of hydrogen-bond donors (Lipinski definition) is 2. The molecule has 0 amide bonds. The van der Waals surface area contributed by atoms with Crippen molar-refractivity contribution in [3.63, 3.8) is 0 Å². The van der Waals surface area contributed by atoms with E-state index in [0.717, 1.165) is 42.4 Å². The molecule has 0 bridgehead atoms. The van der Waals surface area contributed by atoms with Gasteiger partial charge in [0.05, 0.1) is 6.10 Å². The van der Waals surface area contributed by atoms with Crippen LogP contribution in [0.4, 0.5) is 0 Å². The number of aliphatic hydroxyl groups is 2. The van der Waals surface area contributed by atoms with E-state index in [1.165, 1.54) is 5.57 Å². The number of hydrogen-bond acceptors (Lipinski definition) is 2. The van der Waals surface area contributed by atoms with Gasteiger partial charge < -0.3 is 10.2 Å². The van der Waals surface area contributed by atoms with E-state index < -0.39 is 6.10 Å². The first-order valence-corrected chi connectivity index (χ1v) is 8.07. The molecule has 0 fully saturated rings. The molecule has 2 heteroatoms. The summed E-state index contributed by atoms with van der Waals surface area (Å²) in [5.74, 6) is 0.687. The van der Waals surface area contributed by atoms with Crippen molar-refractivity contribution in [2.24, 2.45) is 11.8 Å². The minimum Gasteiger partial charge on any atom is -0.508 e. The summed E-state index contributed by atoms with van der Waals surface area (Å²) >= 11 is 0. The molecule has 0 spiro atoms. The average Bonchev–Trinajstić information content (AvgIpc) is 2.38. The average molecular weight is 288 g/mol. The van der Waals surface area contributed by atoms with E-state index in [4.69, 9.17) is 0 Å². The first kappa shape index (κ1) is 16.1. The van der Waals surface area contributed by atoms with Gasteiger partial charge in [-0.15, -0.1) is 0 Å². The lowest BCUT2D eigenvalue weighted by Crippen LogP contribution is -2.29. The molecule has 2 aliphatic carbocycles. The summed E-state index contributed by atoms with van der Waals surface area (Å²) in [5.41, 5.74) is 4.42. The topological polar surface area (TPSA) is 40.5 Å². The molecule has 0 aromatic carbocycles. The second kappa shape index (κ2) is 6.65. The van der Waals surface area contributed by atoms with Crippen molar-refractivity contribution in [1.82, 2.24) is 0 Å². The van der Waals surface area contributed by atoms with E-state index in [9.17, 15) is 10.2 Å². The van der Waals surface area contributed by atoms with Crippen LogP contribution in [0, 0.1) is 11.8 Å². The Kier molecular flexibility index (Phi) is 5.10. The lowest BCUT2D eigenvalue weighted by atomic mass is 9.71. The Balaban J connectivity index is 2.39. The van der Waals surface area contributed by atoms with Crippen LogP contribution in [-0.4, -0.2) is 16.3 Å². The smallest absolute Gasteiger partial charge is 0.117 e. The maximum atomic E-state index is 10.6. The van der Waals surface area contributed by atoms with Gasteiger partial charge in [0.25, 0.3) is 0 Å². The molecule has 0 saturated heterocycles. The maximum absolute atomic E-state index is 10.6. The van der Waals surface area contributed by atoms with E-state index in [1.807, 2.05) is 6.08 Å². The van der Waals surface area contributed by atoms with Crippen molar-refractivity contribution in [1.29, 1.82) is 0 Å². The molecule has 1 unspecified atom stereocenters. The number of allylic oxidation sites excluding steroid dienone is 4. The van der Waals surface area contributed by atoms with Crippen molar-refractivity contribution in [3.8, 4) is 0 Å². The Labute approximate surface area is 128 Å². The highest BCUT2D eigenvalue weighted by Gasteiger charge is 2.34.